The first-order chi connectivity index (χ1) is 9.77. The standard InChI is InChI=1S/C15H29N3O3/c1-15(2,3)12(16)14(21)18-8-5-11(6-9-18)13(20)17-7-4-10-19/h11-12,19H,4-10,16H2,1-3H3,(H,17,20)/t12-/m1/s1. The summed E-state index contributed by atoms with van der Waals surface area (Å²) < 4.78 is 0. The Labute approximate surface area is 127 Å². The molecule has 1 aliphatic heterocycles. The van der Waals surface area contributed by atoms with Crippen molar-refractivity contribution < 1.29 is 14.7 Å². The summed E-state index contributed by atoms with van der Waals surface area (Å²) in [5, 5.41) is 11.5. The zero-order valence-electron chi connectivity index (χ0n) is 13.4. The van der Waals surface area contributed by atoms with Crippen molar-refractivity contribution >= 4 is 11.8 Å². The molecule has 0 aromatic carbocycles. The smallest absolute Gasteiger partial charge is 0.240 e. The van der Waals surface area contributed by atoms with E-state index in [2.05, 4.69) is 5.32 Å². The molecule has 1 heterocycles. The maximum Gasteiger partial charge on any atom is 0.240 e. The molecule has 21 heavy (non-hydrogen) atoms. The third-order valence-corrected chi connectivity index (χ3v) is 4.01. The van der Waals surface area contributed by atoms with Crippen LogP contribution in [0.25, 0.3) is 0 Å². The van der Waals surface area contributed by atoms with Gasteiger partial charge in [-0.15, -0.1) is 0 Å². The van der Waals surface area contributed by atoms with Crippen molar-refractivity contribution in [2.75, 3.05) is 26.2 Å². The molecule has 0 aliphatic carbocycles. The topological polar surface area (TPSA) is 95.7 Å². The number of carbonyl (C=O) groups is 2. The predicted molar refractivity (Wildman–Crippen MR) is 81.4 cm³/mol. The van der Waals surface area contributed by atoms with Crippen molar-refractivity contribution in [3.63, 3.8) is 0 Å². The third-order valence-electron chi connectivity index (χ3n) is 4.01. The van der Waals surface area contributed by atoms with Gasteiger partial charge in [0, 0.05) is 32.2 Å². The summed E-state index contributed by atoms with van der Waals surface area (Å²) in [5.41, 5.74) is 5.75. The molecule has 1 atom stereocenters. The molecule has 1 rings (SSSR count). The summed E-state index contributed by atoms with van der Waals surface area (Å²) >= 11 is 0. The van der Waals surface area contributed by atoms with E-state index in [4.69, 9.17) is 10.8 Å². The summed E-state index contributed by atoms with van der Waals surface area (Å²) in [4.78, 5) is 26.0. The van der Waals surface area contributed by atoms with Gasteiger partial charge in [0.15, 0.2) is 0 Å². The highest BCUT2D eigenvalue weighted by Crippen LogP contribution is 2.23. The van der Waals surface area contributed by atoms with Crippen molar-refractivity contribution in [1.82, 2.24) is 10.2 Å². The number of aliphatic hydroxyl groups is 1. The highest BCUT2D eigenvalue weighted by Gasteiger charge is 2.34. The van der Waals surface area contributed by atoms with Gasteiger partial charge in [0.1, 0.15) is 0 Å². The van der Waals surface area contributed by atoms with Crippen LogP contribution in [-0.4, -0.2) is 54.1 Å². The number of nitrogens with two attached hydrogens (primary N) is 1. The van der Waals surface area contributed by atoms with Crippen molar-refractivity contribution in [3.05, 3.63) is 0 Å². The molecule has 0 aromatic heterocycles. The van der Waals surface area contributed by atoms with E-state index in [0.717, 1.165) is 0 Å². The molecule has 0 saturated carbocycles. The Bertz CT molecular complexity index is 358. The van der Waals surface area contributed by atoms with Crippen LogP contribution >= 0.6 is 0 Å². The minimum atomic E-state index is -0.507. The molecule has 0 unspecified atom stereocenters. The average Bonchev–Trinajstić information content (AvgIpc) is 2.45. The summed E-state index contributed by atoms with van der Waals surface area (Å²) in [6, 6.07) is -0.507. The van der Waals surface area contributed by atoms with Gasteiger partial charge >= 0.3 is 0 Å². The van der Waals surface area contributed by atoms with E-state index in [9.17, 15) is 9.59 Å². The number of hydrogen-bond donors (Lipinski definition) is 3. The molecule has 0 radical (unpaired) electrons. The fourth-order valence-electron chi connectivity index (χ4n) is 2.36. The van der Waals surface area contributed by atoms with E-state index >= 15 is 0 Å². The Kier molecular flexibility index (Phi) is 6.61. The quantitative estimate of drug-likeness (QED) is 0.627. The average molecular weight is 299 g/mol. The van der Waals surface area contributed by atoms with Crippen LogP contribution in [0.4, 0.5) is 0 Å². The van der Waals surface area contributed by atoms with Crippen LogP contribution in [0, 0.1) is 11.3 Å². The minimum Gasteiger partial charge on any atom is -0.396 e. The van der Waals surface area contributed by atoms with E-state index in [1.54, 1.807) is 4.90 Å². The second-order valence-electron chi connectivity index (χ2n) is 6.81. The van der Waals surface area contributed by atoms with Crippen molar-refractivity contribution in [2.24, 2.45) is 17.1 Å². The minimum absolute atomic E-state index is 0.0238. The maximum absolute atomic E-state index is 12.3. The fourth-order valence-corrected chi connectivity index (χ4v) is 2.36. The largest absolute Gasteiger partial charge is 0.396 e. The van der Waals surface area contributed by atoms with Gasteiger partial charge < -0.3 is 21.1 Å². The number of carbonyl (C=O) groups excluding carboxylic acids is 2. The molecular weight excluding hydrogens is 270 g/mol. The first-order valence-corrected chi connectivity index (χ1v) is 7.70. The Morgan fingerprint density at radius 1 is 1.33 bits per heavy atom. The van der Waals surface area contributed by atoms with Crippen LogP contribution in [0.5, 0.6) is 0 Å². The number of piperidine rings is 1. The summed E-state index contributed by atoms with van der Waals surface area (Å²) in [6.45, 7) is 7.62. The van der Waals surface area contributed by atoms with Crippen LogP contribution in [-0.2, 0) is 9.59 Å². The zero-order chi connectivity index (χ0) is 16.0. The molecule has 1 saturated heterocycles. The number of rotatable bonds is 5. The van der Waals surface area contributed by atoms with Gasteiger partial charge in [0.05, 0.1) is 6.04 Å². The lowest BCUT2D eigenvalue weighted by atomic mass is 9.86. The van der Waals surface area contributed by atoms with Gasteiger partial charge in [-0.2, -0.15) is 0 Å². The highest BCUT2D eigenvalue weighted by atomic mass is 16.3. The predicted octanol–water partition coefficient (Wildman–Crippen LogP) is 0.0970. The van der Waals surface area contributed by atoms with Crippen LogP contribution in [0.3, 0.4) is 0 Å². The van der Waals surface area contributed by atoms with E-state index in [1.807, 2.05) is 20.8 Å². The van der Waals surface area contributed by atoms with Crippen LogP contribution in [0.1, 0.15) is 40.0 Å². The first kappa shape index (κ1) is 17.9. The normalized spacial score (nSPS) is 18.4. The fraction of sp³-hybridized carbons (Fsp3) is 0.867. The van der Waals surface area contributed by atoms with Crippen LogP contribution in [0.2, 0.25) is 0 Å². The first-order valence-electron chi connectivity index (χ1n) is 7.70. The SMILES string of the molecule is CC(C)(C)[C@H](N)C(=O)N1CCC(C(=O)NCCCO)CC1. The van der Waals surface area contributed by atoms with Crippen LogP contribution in [0.15, 0.2) is 0 Å². The van der Waals surface area contributed by atoms with Crippen molar-refractivity contribution in [3.8, 4) is 0 Å². The van der Waals surface area contributed by atoms with Gasteiger partial charge in [-0.25, -0.2) is 0 Å². The monoisotopic (exact) mass is 299 g/mol. The Hall–Kier alpha value is -1.14. The lowest BCUT2D eigenvalue weighted by Gasteiger charge is -2.36. The summed E-state index contributed by atoms with van der Waals surface area (Å²) in [7, 11) is 0. The molecule has 0 spiro atoms. The number of hydrogen-bond acceptors (Lipinski definition) is 4. The van der Waals surface area contributed by atoms with Gasteiger partial charge in [-0.05, 0) is 24.7 Å². The molecule has 6 heteroatoms. The second kappa shape index (κ2) is 7.75. The van der Waals surface area contributed by atoms with Gasteiger partial charge in [0.2, 0.25) is 11.8 Å². The van der Waals surface area contributed by atoms with Crippen molar-refractivity contribution in [1.29, 1.82) is 0 Å². The summed E-state index contributed by atoms with van der Waals surface area (Å²) in [6.07, 6.45) is 1.92. The molecule has 1 aliphatic rings. The van der Waals surface area contributed by atoms with E-state index < -0.39 is 6.04 Å². The van der Waals surface area contributed by atoms with Gasteiger partial charge in [-0.1, -0.05) is 20.8 Å². The molecule has 6 nitrogen and oxygen atoms in total. The Morgan fingerprint density at radius 3 is 2.38 bits per heavy atom. The molecular formula is C15H29N3O3. The van der Waals surface area contributed by atoms with Crippen molar-refractivity contribution in [2.45, 2.75) is 46.1 Å². The number of amides is 2. The number of aliphatic hydroxyl groups excluding tert-OH is 1. The second-order valence-corrected chi connectivity index (χ2v) is 6.81. The number of nitrogens with zero attached hydrogens (tertiary/aromatic N) is 1. The highest BCUT2D eigenvalue weighted by molar-refractivity contribution is 5.83. The molecule has 4 N–H and O–H groups in total. The Balaban J connectivity index is 2.41. The third kappa shape index (κ3) is 5.28. The lowest BCUT2D eigenvalue weighted by Crippen LogP contribution is -2.53. The molecule has 0 bridgehead atoms. The number of nitrogens with one attached hydrogen (secondary N) is 1. The van der Waals surface area contributed by atoms with Gasteiger partial charge in [0.25, 0.3) is 0 Å². The lowest BCUT2D eigenvalue weighted by molar-refractivity contribution is -0.138. The van der Waals surface area contributed by atoms with Gasteiger partial charge in [-0.3, -0.25) is 9.59 Å². The molecule has 122 valence electrons. The van der Waals surface area contributed by atoms with E-state index in [0.29, 0.717) is 38.9 Å². The number of likely N-dealkylation sites (tertiary alicyclic amines) is 1. The summed E-state index contributed by atoms with van der Waals surface area (Å²) in [5.74, 6) is -0.0455. The molecule has 1 fully saturated rings. The Morgan fingerprint density at radius 2 is 1.90 bits per heavy atom. The molecule has 2 amide bonds. The van der Waals surface area contributed by atoms with E-state index in [-0.39, 0.29) is 29.8 Å². The zero-order valence-corrected chi connectivity index (χ0v) is 13.4. The molecule has 0 aromatic rings. The maximum atomic E-state index is 12.3. The van der Waals surface area contributed by atoms with Crippen LogP contribution < -0.4 is 11.1 Å². The van der Waals surface area contributed by atoms with E-state index in [1.165, 1.54) is 0 Å².